The molecule has 9 nitrogen and oxygen atoms in total. The molecule has 54 heavy (non-hydrogen) atoms. The number of hydrogen-bond acceptors (Lipinski definition) is 8. The number of nitrogens with zero attached hydrogens (tertiary/aromatic N) is 2. The molecule has 0 unspecified atom stereocenters. The van der Waals surface area contributed by atoms with Crippen molar-refractivity contribution >= 4 is 28.6 Å². The van der Waals surface area contributed by atoms with Gasteiger partial charge < -0.3 is 28.2 Å². The Balaban J connectivity index is 0.000000310. The molecule has 0 bridgehead atoms. The highest BCUT2D eigenvalue weighted by Crippen LogP contribution is 2.30. The number of aliphatic carboxylic acids is 1. The second kappa shape index (κ2) is 19.0. The third kappa shape index (κ3) is 11.7. The summed E-state index contributed by atoms with van der Waals surface area (Å²) >= 11 is 2.29. The summed E-state index contributed by atoms with van der Waals surface area (Å²) < 4.78 is 67.9. The van der Waals surface area contributed by atoms with Crippen LogP contribution < -0.4 is 0 Å². The molecular weight excluding hydrogens is 816 g/mol. The third-order valence-electron chi connectivity index (χ3n) is 9.03. The Bertz CT molecular complexity index is 1940. The van der Waals surface area contributed by atoms with Crippen LogP contribution in [0.15, 0.2) is 81.6 Å². The lowest BCUT2D eigenvalue weighted by molar-refractivity contribution is -0.159. The van der Waals surface area contributed by atoms with E-state index in [1.807, 2.05) is 57.2 Å². The number of alkyl halides is 4. The first kappa shape index (κ1) is 41.1. The molecule has 0 aliphatic heterocycles. The Hall–Kier alpha value is -4.05. The van der Waals surface area contributed by atoms with Crippen LogP contribution in [0.5, 0.6) is 0 Å². The first-order valence-electron chi connectivity index (χ1n) is 17.7. The molecule has 1 fully saturated rings. The van der Waals surface area contributed by atoms with E-state index in [1.54, 1.807) is 0 Å². The van der Waals surface area contributed by atoms with E-state index in [2.05, 4.69) is 51.6 Å². The predicted molar refractivity (Wildman–Crippen MR) is 205 cm³/mol. The minimum absolute atomic E-state index is 0.0704. The quantitative estimate of drug-likeness (QED) is 0.0912. The lowest BCUT2D eigenvalue weighted by Gasteiger charge is -2.29. The summed E-state index contributed by atoms with van der Waals surface area (Å²) in [5.41, 5.74) is 5.77. The number of carbonyl (C=O) groups is 1. The van der Waals surface area contributed by atoms with Crippen LogP contribution in [-0.2, 0) is 42.8 Å². The van der Waals surface area contributed by atoms with E-state index in [9.17, 15) is 23.1 Å². The first-order valence-corrected chi connectivity index (χ1v) is 19.2. The van der Waals surface area contributed by atoms with Crippen LogP contribution in [0.3, 0.4) is 0 Å². The van der Waals surface area contributed by atoms with Gasteiger partial charge in [0.1, 0.15) is 17.2 Å². The molecule has 2 heterocycles. The highest BCUT2D eigenvalue weighted by Gasteiger charge is 2.30. The fraction of sp³-hybridized carbons (Fsp3) is 0.390. The maximum Gasteiger partial charge on any atom is 0.416 e. The van der Waals surface area contributed by atoms with Crippen LogP contribution in [0.4, 0.5) is 13.2 Å². The van der Waals surface area contributed by atoms with Crippen LogP contribution in [-0.4, -0.2) is 46.0 Å². The molecule has 1 saturated carbocycles. The maximum absolute atomic E-state index is 12.7. The van der Waals surface area contributed by atoms with E-state index in [4.69, 9.17) is 23.0 Å². The number of rotatable bonds is 13. The molecule has 0 radical (unpaired) electrons. The van der Waals surface area contributed by atoms with Crippen molar-refractivity contribution in [3.8, 4) is 22.9 Å². The SMILES string of the molecule is Cc1ccc(-c2nc(CI)c(C)o2)cc1.Cc1ccc(-c2nc(CO[C@H]3CCC[C@@H](OC[C@@H](OCc4ccc(C(F)(F)F)cc4)C(=O)O)C3)c(C)o2)cc1. The van der Waals surface area contributed by atoms with Gasteiger partial charge in [-0.25, -0.2) is 14.8 Å². The fourth-order valence-corrected chi connectivity index (χ4v) is 6.46. The smallest absolute Gasteiger partial charge is 0.416 e. The molecule has 1 N–H and O–H groups in total. The predicted octanol–water partition coefficient (Wildman–Crippen LogP) is 10.4. The topological polar surface area (TPSA) is 117 Å². The zero-order valence-electron chi connectivity index (χ0n) is 30.6. The molecule has 2 aromatic heterocycles. The highest BCUT2D eigenvalue weighted by molar-refractivity contribution is 14.1. The zero-order chi connectivity index (χ0) is 38.8. The van der Waals surface area contributed by atoms with Gasteiger partial charge in [-0.2, -0.15) is 13.2 Å². The minimum Gasteiger partial charge on any atom is -0.479 e. The number of carboxylic acids is 1. The van der Waals surface area contributed by atoms with Gasteiger partial charge in [-0.15, -0.1) is 0 Å². The average molecular weight is 861 g/mol. The van der Waals surface area contributed by atoms with Crippen molar-refractivity contribution in [3.05, 3.63) is 118 Å². The van der Waals surface area contributed by atoms with Crippen molar-refractivity contribution in [3.63, 3.8) is 0 Å². The summed E-state index contributed by atoms with van der Waals surface area (Å²) in [6, 6.07) is 20.6. The molecule has 0 amide bonds. The molecule has 0 spiro atoms. The van der Waals surface area contributed by atoms with Crippen molar-refractivity contribution in [1.82, 2.24) is 9.97 Å². The molecule has 13 heteroatoms. The van der Waals surface area contributed by atoms with Crippen molar-refractivity contribution in [1.29, 1.82) is 0 Å². The monoisotopic (exact) mass is 860 g/mol. The lowest BCUT2D eigenvalue weighted by Crippen LogP contribution is -2.34. The number of oxazole rings is 2. The molecule has 6 rings (SSSR count). The molecule has 0 saturated heterocycles. The van der Waals surface area contributed by atoms with Crippen LogP contribution in [0.1, 0.15) is 70.8 Å². The van der Waals surface area contributed by atoms with E-state index >= 15 is 0 Å². The number of ether oxygens (including phenoxy) is 3. The number of carboxylic acid groups (broad SMARTS) is 1. The molecule has 1 aliphatic carbocycles. The first-order chi connectivity index (χ1) is 25.8. The Morgan fingerprint density at radius 3 is 1.81 bits per heavy atom. The molecule has 3 aromatic carbocycles. The van der Waals surface area contributed by atoms with Crippen molar-refractivity contribution < 1.29 is 46.1 Å². The second-order valence-electron chi connectivity index (χ2n) is 13.3. The van der Waals surface area contributed by atoms with Gasteiger partial charge >= 0.3 is 12.1 Å². The summed E-state index contributed by atoms with van der Waals surface area (Å²) in [5, 5.41) is 9.52. The summed E-state index contributed by atoms with van der Waals surface area (Å²) in [6.07, 6.45) is -2.84. The van der Waals surface area contributed by atoms with Gasteiger partial charge in [-0.3, -0.25) is 0 Å². The minimum atomic E-state index is -4.43. The largest absolute Gasteiger partial charge is 0.479 e. The Morgan fingerprint density at radius 2 is 1.31 bits per heavy atom. The second-order valence-corrected chi connectivity index (χ2v) is 14.1. The normalized spacial score (nSPS) is 16.4. The van der Waals surface area contributed by atoms with Gasteiger partial charge in [0.05, 0.1) is 43.3 Å². The van der Waals surface area contributed by atoms with Gasteiger partial charge in [0.15, 0.2) is 6.10 Å². The summed E-state index contributed by atoms with van der Waals surface area (Å²) in [7, 11) is 0. The molecular formula is C41H44F3IN2O7. The van der Waals surface area contributed by atoms with Crippen molar-refractivity contribution in [2.75, 3.05) is 6.61 Å². The van der Waals surface area contributed by atoms with Crippen molar-refractivity contribution in [2.24, 2.45) is 0 Å². The van der Waals surface area contributed by atoms with Crippen LogP contribution >= 0.6 is 22.6 Å². The van der Waals surface area contributed by atoms with Gasteiger partial charge in [-0.1, -0.05) is 70.1 Å². The lowest BCUT2D eigenvalue weighted by atomic mass is 9.95. The van der Waals surface area contributed by atoms with Gasteiger partial charge in [0.25, 0.3) is 0 Å². The summed E-state index contributed by atoms with van der Waals surface area (Å²) in [6.45, 7) is 7.88. The van der Waals surface area contributed by atoms with E-state index in [1.165, 1.54) is 17.7 Å². The number of aromatic nitrogens is 2. The van der Waals surface area contributed by atoms with Gasteiger partial charge in [-0.05, 0) is 95.3 Å². The van der Waals surface area contributed by atoms with Gasteiger partial charge in [0, 0.05) is 15.6 Å². The Kier molecular flexibility index (Phi) is 14.5. The standard InChI is InChI=1S/C29H32F3NO6.C12H12INO/c1-18-6-10-21(11-7-18)27-33-25(19(2)39-27)16-36-23-4-3-5-24(14-23)37-17-26(28(34)35)38-15-20-8-12-22(13-9-20)29(30,31)32;1-8-3-5-10(6-4-8)12-14-11(7-13)9(2)15-12/h6-13,23-24,26H,3-5,14-17H2,1-2H3,(H,34,35);3-6H,7H2,1-2H3/t23-,24+,26+;/m0./s1. The van der Waals surface area contributed by atoms with Crippen LogP contribution in [0, 0.1) is 27.7 Å². The Labute approximate surface area is 326 Å². The van der Waals surface area contributed by atoms with E-state index < -0.39 is 23.8 Å². The van der Waals surface area contributed by atoms with E-state index in [0.717, 1.165) is 75.6 Å². The van der Waals surface area contributed by atoms with Gasteiger partial charge in [0.2, 0.25) is 11.8 Å². The summed E-state index contributed by atoms with van der Waals surface area (Å²) in [4.78, 5) is 20.7. The summed E-state index contributed by atoms with van der Waals surface area (Å²) in [5.74, 6) is 1.69. The van der Waals surface area contributed by atoms with Crippen molar-refractivity contribution in [2.45, 2.75) is 95.5 Å². The number of aryl methyl sites for hydroxylation is 4. The number of halogens is 4. The third-order valence-corrected chi connectivity index (χ3v) is 9.76. The molecule has 3 atom stereocenters. The molecule has 288 valence electrons. The van der Waals surface area contributed by atoms with E-state index in [0.29, 0.717) is 30.2 Å². The van der Waals surface area contributed by atoms with E-state index in [-0.39, 0.29) is 25.4 Å². The number of benzene rings is 3. The molecule has 1 aliphatic rings. The number of hydrogen-bond donors (Lipinski definition) is 1. The zero-order valence-corrected chi connectivity index (χ0v) is 32.8. The highest BCUT2D eigenvalue weighted by atomic mass is 127. The Morgan fingerprint density at radius 1 is 0.796 bits per heavy atom. The van der Waals surface area contributed by atoms with Crippen LogP contribution in [0.25, 0.3) is 22.9 Å². The van der Waals surface area contributed by atoms with Crippen LogP contribution in [0.2, 0.25) is 0 Å². The average Bonchev–Trinajstić information content (AvgIpc) is 3.72. The fourth-order valence-electron chi connectivity index (χ4n) is 5.76. The maximum atomic E-state index is 12.7. The molecule has 5 aromatic rings.